The smallest absolute Gasteiger partial charge is 0.274 e. The highest BCUT2D eigenvalue weighted by atomic mass is 16.6. The van der Waals surface area contributed by atoms with Crippen LogP contribution in [0.15, 0.2) is 24.3 Å². The van der Waals surface area contributed by atoms with Crippen LogP contribution in [0.2, 0.25) is 0 Å². The van der Waals surface area contributed by atoms with Crippen molar-refractivity contribution in [2.75, 3.05) is 6.54 Å². The van der Waals surface area contributed by atoms with E-state index in [1.165, 1.54) is 32.1 Å². The number of nitro benzene ring substituents is 1. The molecule has 1 unspecified atom stereocenters. The van der Waals surface area contributed by atoms with Crippen molar-refractivity contribution in [3.63, 3.8) is 0 Å². The molecule has 4 heteroatoms. The lowest BCUT2D eigenvalue weighted by Gasteiger charge is -2.29. The Morgan fingerprint density at radius 2 is 2.00 bits per heavy atom. The van der Waals surface area contributed by atoms with Crippen molar-refractivity contribution in [3.8, 4) is 0 Å². The van der Waals surface area contributed by atoms with Crippen molar-refractivity contribution in [1.29, 1.82) is 0 Å². The number of nitrogens with one attached hydrogen (secondary N) is 1. The average Bonchev–Trinajstić information content (AvgIpc) is 2.94. The van der Waals surface area contributed by atoms with Gasteiger partial charge in [-0.15, -0.1) is 0 Å². The maximum Gasteiger partial charge on any atom is 0.274 e. The molecule has 0 radical (unpaired) electrons. The summed E-state index contributed by atoms with van der Waals surface area (Å²) in [5, 5.41) is 14.6. The van der Waals surface area contributed by atoms with Crippen molar-refractivity contribution >= 4 is 5.69 Å². The Morgan fingerprint density at radius 3 is 2.60 bits per heavy atom. The minimum absolute atomic E-state index is 0.0145. The number of nitrogens with zero attached hydrogens (tertiary/aromatic N) is 1. The molecule has 1 fully saturated rings. The maximum absolute atomic E-state index is 11.1. The van der Waals surface area contributed by atoms with E-state index in [4.69, 9.17) is 0 Å². The van der Waals surface area contributed by atoms with Crippen LogP contribution in [0, 0.1) is 15.5 Å². The molecule has 1 aliphatic rings. The zero-order chi connectivity index (χ0) is 14.6. The topological polar surface area (TPSA) is 55.2 Å². The van der Waals surface area contributed by atoms with Crippen LogP contribution in [0.25, 0.3) is 0 Å². The molecule has 0 aliphatic heterocycles. The second-order valence-corrected chi connectivity index (χ2v) is 5.98. The Bertz CT molecular complexity index is 467. The Labute approximate surface area is 120 Å². The lowest BCUT2D eigenvalue weighted by atomic mass is 9.83. The lowest BCUT2D eigenvalue weighted by Crippen LogP contribution is -2.33. The fourth-order valence-electron chi connectivity index (χ4n) is 3.28. The van der Waals surface area contributed by atoms with Gasteiger partial charge >= 0.3 is 0 Å². The van der Waals surface area contributed by atoms with Gasteiger partial charge in [0, 0.05) is 24.2 Å². The molecule has 0 heterocycles. The number of para-hydroxylation sites is 1. The van der Waals surface area contributed by atoms with Gasteiger partial charge in [0.25, 0.3) is 5.69 Å². The minimum atomic E-state index is -0.293. The summed E-state index contributed by atoms with van der Waals surface area (Å²) in [6, 6.07) is 7.03. The summed E-state index contributed by atoms with van der Waals surface area (Å²) in [5.41, 5.74) is 1.39. The van der Waals surface area contributed by atoms with Gasteiger partial charge in [0.15, 0.2) is 0 Å². The van der Waals surface area contributed by atoms with Crippen LogP contribution in [0.1, 0.15) is 57.6 Å². The normalized spacial score (nSPS) is 18.9. The molecular weight excluding hydrogens is 252 g/mol. The van der Waals surface area contributed by atoms with Crippen molar-refractivity contribution in [3.05, 3.63) is 39.9 Å². The predicted octanol–water partition coefficient (Wildman–Crippen LogP) is 4.22. The molecule has 0 amide bonds. The van der Waals surface area contributed by atoms with Crippen LogP contribution in [0.4, 0.5) is 5.69 Å². The zero-order valence-electron chi connectivity index (χ0n) is 12.4. The summed E-state index contributed by atoms with van der Waals surface area (Å²) >= 11 is 0. The first-order chi connectivity index (χ1) is 9.58. The van der Waals surface area contributed by atoms with Gasteiger partial charge in [-0.2, -0.15) is 0 Å². The van der Waals surface area contributed by atoms with Crippen molar-refractivity contribution in [2.45, 2.75) is 52.0 Å². The van der Waals surface area contributed by atoms with E-state index in [0.29, 0.717) is 5.41 Å². The highest BCUT2D eigenvalue weighted by Gasteiger charge is 2.32. The molecule has 0 aromatic heterocycles. The largest absolute Gasteiger partial charge is 0.309 e. The number of hydrogen-bond acceptors (Lipinski definition) is 3. The molecule has 1 saturated carbocycles. The monoisotopic (exact) mass is 276 g/mol. The van der Waals surface area contributed by atoms with Crippen LogP contribution >= 0.6 is 0 Å². The molecule has 0 bridgehead atoms. The predicted molar refractivity (Wildman–Crippen MR) is 80.7 cm³/mol. The van der Waals surface area contributed by atoms with Crippen LogP contribution < -0.4 is 5.32 Å². The highest BCUT2D eigenvalue weighted by Crippen LogP contribution is 2.40. The Hall–Kier alpha value is -1.42. The Kier molecular flexibility index (Phi) is 4.76. The fourth-order valence-corrected chi connectivity index (χ4v) is 3.28. The third-order valence-electron chi connectivity index (χ3n) is 4.80. The van der Waals surface area contributed by atoms with Gasteiger partial charge in [0.1, 0.15) is 0 Å². The van der Waals surface area contributed by atoms with Crippen molar-refractivity contribution < 1.29 is 4.92 Å². The van der Waals surface area contributed by atoms with Gasteiger partial charge in [-0.3, -0.25) is 10.1 Å². The first-order valence-electron chi connectivity index (χ1n) is 7.55. The fraction of sp³-hybridized carbons (Fsp3) is 0.625. The van der Waals surface area contributed by atoms with Gasteiger partial charge in [-0.05, 0) is 31.6 Å². The Balaban J connectivity index is 2.05. The Morgan fingerprint density at radius 1 is 1.35 bits per heavy atom. The molecule has 0 saturated heterocycles. The van der Waals surface area contributed by atoms with Gasteiger partial charge in [0.05, 0.1) is 4.92 Å². The molecule has 4 nitrogen and oxygen atoms in total. The van der Waals surface area contributed by atoms with Crippen molar-refractivity contribution in [1.82, 2.24) is 5.32 Å². The summed E-state index contributed by atoms with van der Waals surface area (Å²) in [5.74, 6) is 0. The van der Waals surface area contributed by atoms with E-state index in [2.05, 4.69) is 12.2 Å². The SMILES string of the molecule is CCC1(CNC(C)c2ccccc2[N+](=O)[O-])CCCC1. The third-order valence-corrected chi connectivity index (χ3v) is 4.80. The molecule has 1 aromatic rings. The van der Waals surface area contributed by atoms with E-state index in [1.807, 2.05) is 19.1 Å². The first kappa shape index (κ1) is 15.0. The van der Waals surface area contributed by atoms with Crippen LogP contribution in [0.3, 0.4) is 0 Å². The average molecular weight is 276 g/mol. The summed E-state index contributed by atoms with van der Waals surface area (Å²) in [7, 11) is 0. The van der Waals surface area contributed by atoms with Crippen LogP contribution in [-0.2, 0) is 0 Å². The summed E-state index contributed by atoms with van der Waals surface area (Å²) in [6.45, 7) is 5.22. The molecule has 1 N–H and O–H groups in total. The summed E-state index contributed by atoms with van der Waals surface area (Å²) < 4.78 is 0. The minimum Gasteiger partial charge on any atom is -0.309 e. The molecule has 1 atom stereocenters. The molecule has 0 spiro atoms. The second-order valence-electron chi connectivity index (χ2n) is 5.98. The molecular formula is C16H24N2O2. The van der Waals surface area contributed by atoms with Crippen molar-refractivity contribution in [2.24, 2.45) is 5.41 Å². The summed E-state index contributed by atoms with van der Waals surface area (Å²) in [4.78, 5) is 10.8. The van der Waals surface area contributed by atoms with E-state index in [0.717, 1.165) is 12.1 Å². The first-order valence-corrected chi connectivity index (χ1v) is 7.55. The molecule has 2 rings (SSSR count). The van der Waals surface area contributed by atoms with E-state index in [1.54, 1.807) is 12.1 Å². The van der Waals surface area contributed by atoms with E-state index in [9.17, 15) is 10.1 Å². The number of nitro groups is 1. The number of benzene rings is 1. The van der Waals surface area contributed by atoms with Crippen LogP contribution in [0.5, 0.6) is 0 Å². The van der Waals surface area contributed by atoms with Gasteiger partial charge in [0.2, 0.25) is 0 Å². The zero-order valence-corrected chi connectivity index (χ0v) is 12.4. The molecule has 1 aromatic carbocycles. The number of hydrogen-bond donors (Lipinski definition) is 1. The molecule has 20 heavy (non-hydrogen) atoms. The maximum atomic E-state index is 11.1. The van der Waals surface area contributed by atoms with Gasteiger partial charge < -0.3 is 5.32 Å². The quantitative estimate of drug-likeness (QED) is 0.625. The van der Waals surface area contributed by atoms with E-state index in [-0.39, 0.29) is 16.7 Å². The second kappa shape index (κ2) is 6.35. The standard InChI is InChI=1S/C16H24N2O2/c1-3-16(10-6-7-11-16)12-17-13(2)14-8-4-5-9-15(14)18(19)20/h4-5,8-9,13,17H,3,6-7,10-12H2,1-2H3. The van der Waals surface area contributed by atoms with Gasteiger partial charge in [-0.25, -0.2) is 0 Å². The molecule has 110 valence electrons. The number of rotatable bonds is 6. The third kappa shape index (κ3) is 3.18. The molecule has 1 aliphatic carbocycles. The van der Waals surface area contributed by atoms with Gasteiger partial charge in [-0.1, -0.05) is 38.0 Å². The van der Waals surface area contributed by atoms with Crippen LogP contribution in [-0.4, -0.2) is 11.5 Å². The lowest BCUT2D eigenvalue weighted by molar-refractivity contribution is -0.385. The van der Waals surface area contributed by atoms with E-state index >= 15 is 0 Å². The summed E-state index contributed by atoms with van der Waals surface area (Å²) in [6.07, 6.45) is 6.37. The van der Waals surface area contributed by atoms with E-state index < -0.39 is 0 Å². The highest BCUT2D eigenvalue weighted by molar-refractivity contribution is 5.41.